The van der Waals surface area contributed by atoms with E-state index in [4.69, 9.17) is 0 Å². The van der Waals surface area contributed by atoms with Crippen molar-refractivity contribution in [3.05, 3.63) is 90.0 Å². The van der Waals surface area contributed by atoms with E-state index in [-0.39, 0.29) is 17.3 Å². The van der Waals surface area contributed by atoms with E-state index in [1.165, 1.54) is 0 Å². The molecule has 0 radical (unpaired) electrons. The SMILES string of the molecule is CCCCCNC(=O)c1cccc(-c2ccc(S(=O)(=O)NCc3ccccc3)cc2)c1. The first-order valence-corrected chi connectivity index (χ1v) is 12.0. The normalized spacial score (nSPS) is 11.3. The minimum Gasteiger partial charge on any atom is -0.352 e. The largest absolute Gasteiger partial charge is 0.352 e. The maximum Gasteiger partial charge on any atom is 0.251 e. The molecule has 3 aromatic rings. The molecule has 3 aromatic carbocycles. The maximum absolute atomic E-state index is 12.6. The van der Waals surface area contributed by atoms with Crippen LogP contribution in [0.5, 0.6) is 0 Å². The van der Waals surface area contributed by atoms with E-state index >= 15 is 0 Å². The smallest absolute Gasteiger partial charge is 0.251 e. The van der Waals surface area contributed by atoms with Gasteiger partial charge in [0.15, 0.2) is 0 Å². The summed E-state index contributed by atoms with van der Waals surface area (Å²) in [4.78, 5) is 12.6. The molecule has 0 saturated carbocycles. The molecule has 0 saturated heterocycles. The van der Waals surface area contributed by atoms with Crippen LogP contribution < -0.4 is 10.0 Å². The quantitative estimate of drug-likeness (QED) is 0.450. The van der Waals surface area contributed by atoms with E-state index < -0.39 is 10.0 Å². The molecule has 5 nitrogen and oxygen atoms in total. The zero-order valence-electron chi connectivity index (χ0n) is 17.7. The molecule has 0 unspecified atom stereocenters. The van der Waals surface area contributed by atoms with Crippen LogP contribution in [-0.4, -0.2) is 20.9 Å². The Hall–Kier alpha value is -2.96. The zero-order chi connectivity index (χ0) is 22.1. The van der Waals surface area contributed by atoms with Crippen molar-refractivity contribution in [1.82, 2.24) is 10.0 Å². The van der Waals surface area contributed by atoms with Crippen LogP contribution in [0.4, 0.5) is 0 Å². The molecular formula is C25H28N2O3S. The van der Waals surface area contributed by atoms with Gasteiger partial charge < -0.3 is 5.32 Å². The Bertz CT molecular complexity index is 1100. The summed E-state index contributed by atoms with van der Waals surface area (Å²) in [6.07, 6.45) is 3.17. The molecular weight excluding hydrogens is 408 g/mol. The van der Waals surface area contributed by atoms with E-state index in [0.29, 0.717) is 12.1 Å². The van der Waals surface area contributed by atoms with Crippen LogP contribution >= 0.6 is 0 Å². The van der Waals surface area contributed by atoms with Crippen LogP contribution in [0.2, 0.25) is 0 Å². The summed E-state index contributed by atoms with van der Waals surface area (Å²) in [7, 11) is -3.61. The highest BCUT2D eigenvalue weighted by molar-refractivity contribution is 7.89. The lowest BCUT2D eigenvalue weighted by molar-refractivity contribution is 0.0953. The number of amides is 1. The minimum absolute atomic E-state index is 0.0951. The highest BCUT2D eigenvalue weighted by Crippen LogP contribution is 2.22. The number of sulfonamides is 1. The Balaban J connectivity index is 1.67. The average molecular weight is 437 g/mol. The Kier molecular flexibility index (Phi) is 7.98. The fourth-order valence-corrected chi connectivity index (χ4v) is 4.22. The summed E-state index contributed by atoms with van der Waals surface area (Å²) in [5, 5.41) is 2.94. The lowest BCUT2D eigenvalue weighted by atomic mass is 10.0. The topological polar surface area (TPSA) is 75.3 Å². The van der Waals surface area contributed by atoms with Crippen LogP contribution in [-0.2, 0) is 16.6 Å². The van der Waals surface area contributed by atoms with Crippen molar-refractivity contribution >= 4 is 15.9 Å². The van der Waals surface area contributed by atoms with E-state index in [2.05, 4.69) is 17.0 Å². The summed E-state index contributed by atoms with van der Waals surface area (Å²) in [6, 6.07) is 23.4. The van der Waals surface area contributed by atoms with Gasteiger partial charge in [0, 0.05) is 18.7 Å². The monoisotopic (exact) mass is 436 g/mol. The van der Waals surface area contributed by atoms with Gasteiger partial charge in [-0.05, 0) is 47.4 Å². The first kappa shape index (κ1) is 22.7. The fraction of sp³-hybridized carbons (Fsp3) is 0.240. The number of hydrogen-bond donors (Lipinski definition) is 2. The predicted octanol–water partition coefficient (Wildman–Crippen LogP) is 4.75. The van der Waals surface area contributed by atoms with Gasteiger partial charge >= 0.3 is 0 Å². The number of carbonyl (C=O) groups is 1. The standard InChI is InChI=1S/C25H28N2O3S/c1-2-3-7-17-26-25(28)23-12-8-11-22(18-23)21-13-15-24(16-14-21)31(29,30)27-19-20-9-5-4-6-10-20/h4-6,8-16,18,27H,2-3,7,17,19H2,1H3,(H,26,28). The number of benzene rings is 3. The molecule has 0 fully saturated rings. The van der Waals surface area contributed by atoms with Gasteiger partial charge in [-0.25, -0.2) is 13.1 Å². The second-order valence-electron chi connectivity index (χ2n) is 7.38. The van der Waals surface area contributed by atoms with Gasteiger partial charge in [-0.3, -0.25) is 4.79 Å². The van der Waals surface area contributed by atoms with Crippen molar-refractivity contribution in [3.8, 4) is 11.1 Å². The Morgan fingerprint density at radius 3 is 2.29 bits per heavy atom. The molecule has 31 heavy (non-hydrogen) atoms. The first-order chi connectivity index (χ1) is 15.0. The third-order valence-electron chi connectivity index (χ3n) is 5.00. The van der Waals surface area contributed by atoms with Crippen molar-refractivity contribution in [2.75, 3.05) is 6.54 Å². The molecule has 162 valence electrons. The Morgan fingerprint density at radius 2 is 1.58 bits per heavy atom. The number of carbonyl (C=O) groups excluding carboxylic acids is 1. The molecule has 0 aliphatic rings. The molecule has 3 rings (SSSR count). The highest BCUT2D eigenvalue weighted by atomic mass is 32.2. The zero-order valence-corrected chi connectivity index (χ0v) is 18.5. The van der Waals surface area contributed by atoms with Gasteiger partial charge in [0.25, 0.3) is 5.91 Å². The predicted molar refractivity (Wildman–Crippen MR) is 124 cm³/mol. The number of rotatable bonds is 10. The lowest BCUT2D eigenvalue weighted by Gasteiger charge is -2.09. The average Bonchev–Trinajstić information content (AvgIpc) is 2.81. The summed E-state index contributed by atoms with van der Waals surface area (Å²) < 4.78 is 27.8. The molecule has 0 aliphatic carbocycles. The van der Waals surface area contributed by atoms with Crippen molar-refractivity contribution in [2.45, 2.75) is 37.6 Å². The fourth-order valence-electron chi connectivity index (χ4n) is 3.20. The van der Waals surface area contributed by atoms with E-state index in [1.807, 2.05) is 48.5 Å². The van der Waals surface area contributed by atoms with Crippen LogP contribution in [0, 0.1) is 0 Å². The third-order valence-corrected chi connectivity index (χ3v) is 6.41. The number of hydrogen-bond acceptors (Lipinski definition) is 3. The molecule has 2 N–H and O–H groups in total. The van der Waals surface area contributed by atoms with Gasteiger partial charge in [0.05, 0.1) is 4.90 Å². The second kappa shape index (κ2) is 10.9. The van der Waals surface area contributed by atoms with E-state index in [1.54, 1.807) is 30.3 Å². The summed E-state index contributed by atoms with van der Waals surface area (Å²) in [5.41, 5.74) is 3.20. The van der Waals surface area contributed by atoms with Crippen LogP contribution in [0.1, 0.15) is 42.1 Å². The van der Waals surface area contributed by atoms with Gasteiger partial charge in [0.1, 0.15) is 0 Å². The van der Waals surface area contributed by atoms with Crippen molar-refractivity contribution < 1.29 is 13.2 Å². The first-order valence-electron chi connectivity index (χ1n) is 10.5. The molecule has 6 heteroatoms. The number of nitrogens with one attached hydrogen (secondary N) is 2. The molecule has 0 aliphatic heterocycles. The Labute approximate surface area is 184 Å². The maximum atomic E-state index is 12.6. The lowest BCUT2D eigenvalue weighted by Crippen LogP contribution is -2.24. The van der Waals surface area contributed by atoms with Gasteiger partial charge in [-0.15, -0.1) is 0 Å². The van der Waals surface area contributed by atoms with Gasteiger partial charge in [0.2, 0.25) is 10.0 Å². The van der Waals surface area contributed by atoms with Crippen molar-refractivity contribution in [1.29, 1.82) is 0 Å². The molecule has 1 amide bonds. The highest BCUT2D eigenvalue weighted by Gasteiger charge is 2.14. The van der Waals surface area contributed by atoms with Crippen molar-refractivity contribution in [3.63, 3.8) is 0 Å². The van der Waals surface area contributed by atoms with Crippen molar-refractivity contribution in [2.24, 2.45) is 0 Å². The molecule has 0 spiro atoms. The minimum atomic E-state index is -3.61. The summed E-state index contributed by atoms with van der Waals surface area (Å²) in [6.45, 7) is 3.03. The van der Waals surface area contributed by atoms with Crippen LogP contribution in [0.25, 0.3) is 11.1 Å². The molecule has 0 heterocycles. The summed E-state index contributed by atoms with van der Waals surface area (Å²) in [5.74, 6) is -0.0951. The third kappa shape index (κ3) is 6.51. The molecule has 0 atom stereocenters. The van der Waals surface area contributed by atoms with Crippen LogP contribution in [0.15, 0.2) is 83.8 Å². The van der Waals surface area contributed by atoms with Gasteiger partial charge in [-0.2, -0.15) is 0 Å². The van der Waals surface area contributed by atoms with E-state index in [9.17, 15) is 13.2 Å². The second-order valence-corrected chi connectivity index (χ2v) is 9.15. The van der Waals surface area contributed by atoms with E-state index in [0.717, 1.165) is 36.0 Å². The number of unbranched alkanes of at least 4 members (excludes halogenated alkanes) is 2. The molecule has 0 aromatic heterocycles. The Morgan fingerprint density at radius 1 is 0.839 bits per heavy atom. The van der Waals surface area contributed by atoms with Gasteiger partial charge in [-0.1, -0.05) is 74.4 Å². The molecule has 0 bridgehead atoms. The summed E-state index contributed by atoms with van der Waals surface area (Å²) >= 11 is 0. The van der Waals surface area contributed by atoms with Crippen LogP contribution in [0.3, 0.4) is 0 Å².